The van der Waals surface area contributed by atoms with E-state index in [0.717, 1.165) is 28.2 Å². The first-order chi connectivity index (χ1) is 19.2. The fourth-order valence-electron chi connectivity index (χ4n) is 4.31. The Morgan fingerprint density at radius 1 is 1.00 bits per heavy atom. The first kappa shape index (κ1) is 28.3. The van der Waals surface area contributed by atoms with E-state index >= 15 is 0 Å². The molecule has 9 nitrogen and oxygen atoms in total. The van der Waals surface area contributed by atoms with Crippen molar-refractivity contribution in [2.75, 3.05) is 17.2 Å². The zero-order chi connectivity index (χ0) is 28.8. The number of aryl methyl sites for hydroxylation is 1. The van der Waals surface area contributed by atoms with E-state index in [9.17, 15) is 14.4 Å². The minimum atomic E-state index is -1.09. The van der Waals surface area contributed by atoms with Crippen molar-refractivity contribution in [1.29, 1.82) is 0 Å². The molecule has 1 heterocycles. The monoisotopic (exact) mass is 557 g/mol. The van der Waals surface area contributed by atoms with Crippen LogP contribution in [0.1, 0.15) is 55.4 Å². The molecule has 0 saturated heterocycles. The number of benzene rings is 3. The van der Waals surface area contributed by atoms with Crippen molar-refractivity contribution in [1.82, 2.24) is 9.69 Å². The number of amides is 3. The molecule has 1 unspecified atom stereocenters. The minimum absolute atomic E-state index is 0.0153. The Labute approximate surface area is 236 Å². The lowest BCUT2D eigenvalue weighted by atomic mass is 9.99. The van der Waals surface area contributed by atoms with Gasteiger partial charge in [-0.15, -0.1) is 0 Å². The summed E-state index contributed by atoms with van der Waals surface area (Å²) in [5, 5.41) is 2.98. The lowest BCUT2D eigenvalue weighted by Gasteiger charge is -2.33. The summed E-state index contributed by atoms with van der Waals surface area (Å²) in [5.41, 5.74) is 15.0. The van der Waals surface area contributed by atoms with E-state index in [2.05, 4.69) is 9.69 Å². The van der Waals surface area contributed by atoms with Gasteiger partial charge in [-0.25, -0.2) is 0 Å². The predicted molar refractivity (Wildman–Crippen MR) is 156 cm³/mol. The van der Waals surface area contributed by atoms with Crippen LogP contribution in [0.15, 0.2) is 72.8 Å². The van der Waals surface area contributed by atoms with Crippen molar-refractivity contribution in [3.8, 4) is 5.75 Å². The van der Waals surface area contributed by atoms with Gasteiger partial charge in [-0.2, -0.15) is 4.37 Å². The van der Waals surface area contributed by atoms with E-state index in [-0.39, 0.29) is 22.8 Å². The summed E-state index contributed by atoms with van der Waals surface area (Å²) < 4.78 is 9.61. The molecule has 0 radical (unpaired) electrons. The highest BCUT2D eigenvalue weighted by Gasteiger charge is 2.36. The highest BCUT2D eigenvalue weighted by atomic mass is 32.1. The van der Waals surface area contributed by atoms with Crippen LogP contribution in [-0.4, -0.2) is 28.7 Å². The van der Waals surface area contributed by atoms with Gasteiger partial charge >= 0.3 is 0 Å². The fraction of sp³-hybridized carbons (Fsp3) is 0.200. The largest absolute Gasteiger partial charge is 0.494 e. The number of nitrogen functional groups attached to an aromatic ring is 1. The Morgan fingerprint density at radius 2 is 1.70 bits per heavy atom. The molecule has 4 aromatic rings. The van der Waals surface area contributed by atoms with Gasteiger partial charge in [0, 0.05) is 12.2 Å². The van der Waals surface area contributed by atoms with Gasteiger partial charge in [-0.3, -0.25) is 19.3 Å². The zero-order valence-electron chi connectivity index (χ0n) is 22.5. The molecule has 0 bridgehead atoms. The molecular weight excluding hydrogens is 526 g/mol. The van der Waals surface area contributed by atoms with Gasteiger partial charge in [-0.05, 0) is 72.8 Å². The van der Waals surface area contributed by atoms with E-state index in [1.54, 1.807) is 30.3 Å². The van der Waals surface area contributed by atoms with E-state index in [0.29, 0.717) is 23.6 Å². The van der Waals surface area contributed by atoms with Gasteiger partial charge in [-0.1, -0.05) is 54.6 Å². The number of rotatable bonds is 10. The van der Waals surface area contributed by atoms with Crippen LogP contribution in [0.3, 0.4) is 0 Å². The number of anilines is 2. The molecule has 0 spiro atoms. The van der Waals surface area contributed by atoms with Gasteiger partial charge < -0.3 is 21.5 Å². The number of aromatic nitrogens is 1. The summed E-state index contributed by atoms with van der Waals surface area (Å²) in [6.07, 6.45) is 0. The maximum Gasteiger partial charge on any atom is 0.273 e. The number of hydrogen-bond donors (Lipinski definition) is 3. The van der Waals surface area contributed by atoms with Gasteiger partial charge in [0.2, 0.25) is 5.91 Å². The molecule has 0 aliphatic rings. The van der Waals surface area contributed by atoms with Gasteiger partial charge in [0.1, 0.15) is 16.7 Å². The molecule has 0 saturated carbocycles. The quantitative estimate of drug-likeness (QED) is 0.261. The summed E-state index contributed by atoms with van der Waals surface area (Å²) in [7, 11) is 0. The smallest absolute Gasteiger partial charge is 0.273 e. The normalized spacial score (nSPS) is 11.5. The first-order valence-corrected chi connectivity index (χ1v) is 13.5. The molecule has 0 aliphatic heterocycles. The summed E-state index contributed by atoms with van der Waals surface area (Å²) in [6.45, 7) is 6.44. The lowest BCUT2D eigenvalue weighted by molar-refractivity contribution is -0.122. The van der Waals surface area contributed by atoms with E-state index in [1.807, 2.05) is 63.2 Å². The second-order valence-electron chi connectivity index (χ2n) is 9.14. The molecule has 5 N–H and O–H groups in total. The molecule has 1 atom stereocenters. The SMILES string of the molecule is CCOc1ccc(C(C(=O)NCc2ccccc2)N(C(=O)c2snc(C(N)=O)c2N)c2cccc(C)c2C)cc1. The van der Waals surface area contributed by atoms with Crippen LogP contribution in [0, 0.1) is 13.8 Å². The van der Waals surface area contributed by atoms with Crippen molar-refractivity contribution < 1.29 is 19.1 Å². The number of nitrogens with zero attached hydrogens (tertiary/aromatic N) is 2. The molecule has 3 amide bonds. The topological polar surface area (TPSA) is 141 Å². The summed E-state index contributed by atoms with van der Waals surface area (Å²) in [4.78, 5) is 41.6. The second-order valence-corrected chi connectivity index (χ2v) is 9.91. The van der Waals surface area contributed by atoms with E-state index < -0.39 is 23.8 Å². The standard InChI is InChI=1S/C30H31N5O4S/c1-4-39-22-15-13-21(14-16-22)26(29(37)33-17-20-10-6-5-7-11-20)35(23-12-8-9-18(2)19(23)3)30(38)27-24(31)25(28(32)36)34-40-27/h5-16,26H,4,17,31H2,1-3H3,(H2,32,36)(H,33,37). The Kier molecular flexibility index (Phi) is 8.80. The number of ether oxygens (including phenoxy) is 1. The van der Waals surface area contributed by atoms with Gasteiger partial charge in [0.15, 0.2) is 5.69 Å². The highest BCUT2D eigenvalue weighted by Crippen LogP contribution is 2.36. The second kappa shape index (κ2) is 12.4. The van der Waals surface area contributed by atoms with E-state index in [4.69, 9.17) is 16.2 Å². The molecule has 10 heteroatoms. The summed E-state index contributed by atoms with van der Waals surface area (Å²) in [5.74, 6) is -1.18. The number of carbonyl (C=O) groups is 3. The van der Waals surface area contributed by atoms with Crippen molar-refractivity contribution in [3.05, 3.63) is 106 Å². The number of carbonyl (C=O) groups excluding carboxylic acids is 3. The van der Waals surface area contributed by atoms with Crippen LogP contribution in [-0.2, 0) is 11.3 Å². The van der Waals surface area contributed by atoms with Crippen LogP contribution >= 0.6 is 11.5 Å². The third-order valence-electron chi connectivity index (χ3n) is 6.53. The fourth-order valence-corrected chi connectivity index (χ4v) is 5.06. The maximum atomic E-state index is 14.3. The van der Waals surface area contributed by atoms with Crippen LogP contribution in [0.2, 0.25) is 0 Å². The highest BCUT2D eigenvalue weighted by molar-refractivity contribution is 7.09. The van der Waals surface area contributed by atoms with Gasteiger partial charge in [0.25, 0.3) is 11.8 Å². The molecule has 206 valence electrons. The molecular formula is C30H31N5O4S. The minimum Gasteiger partial charge on any atom is -0.494 e. The summed E-state index contributed by atoms with van der Waals surface area (Å²) in [6, 6.07) is 20.9. The molecule has 3 aromatic carbocycles. The number of hydrogen-bond acceptors (Lipinski definition) is 7. The lowest BCUT2D eigenvalue weighted by Crippen LogP contribution is -2.44. The van der Waals surface area contributed by atoms with Crippen molar-refractivity contribution in [2.45, 2.75) is 33.4 Å². The number of nitrogens with one attached hydrogen (secondary N) is 1. The third kappa shape index (κ3) is 5.97. The Hall–Kier alpha value is -4.70. The molecule has 0 aliphatic carbocycles. The zero-order valence-corrected chi connectivity index (χ0v) is 23.3. The Morgan fingerprint density at radius 3 is 2.33 bits per heavy atom. The van der Waals surface area contributed by atoms with Crippen LogP contribution in [0.4, 0.5) is 11.4 Å². The van der Waals surface area contributed by atoms with Gasteiger partial charge in [0.05, 0.1) is 12.3 Å². The summed E-state index contributed by atoms with van der Waals surface area (Å²) >= 11 is 0.770. The van der Waals surface area contributed by atoms with Crippen molar-refractivity contribution in [2.24, 2.45) is 5.73 Å². The van der Waals surface area contributed by atoms with Crippen LogP contribution in [0.5, 0.6) is 5.75 Å². The molecule has 0 fully saturated rings. The third-order valence-corrected chi connectivity index (χ3v) is 7.38. The average molecular weight is 558 g/mol. The van der Waals surface area contributed by atoms with Crippen LogP contribution in [0.25, 0.3) is 0 Å². The number of nitrogens with two attached hydrogens (primary N) is 2. The van der Waals surface area contributed by atoms with Crippen molar-refractivity contribution in [3.63, 3.8) is 0 Å². The number of primary amides is 1. The maximum absolute atomic E-state index is 14.3. The molecule has 40 heavy (non-hydrogen) atoms. The first-order valence-electron chi connectivity index (χ1n) is 12.7. The van der Waals surface area contributed by atoms with Crippen molar-refractivity contribution >= 4 is 40.6 Å². The van der Waals surface area contributed by atoms with E-state index in [1.165, 1.54) is 4.90 Å². The average Bonchev–Trinajstić information content (AvgIpc) is 3.34. The predicted octanol–water partition coefficient (Wildman–Crippen LogP) is 4.54. The molecule has 4 rings (SSSR count). The molecule has 1 aromatic heterocycles. The Bertz CT molecular complexity index is 1520. The Balaban J connectivity index is 1.87. The van der Waals surface area contributed by atoms with Crippen LogP contribution < -0.4 is 26.4 Å².